The summed E-state index contributed by atoms with van der Waals surface area (Å²) in [4.78, 5) is 0. The first-order valence-electron chi connectivity index (χ1n) is 8.72. The van der Waals surface area contributed by atoms with Crippen molar-refractivity contribution in [3.05, 3.63) is 96.1 Å². The number of hydrogen-bond donors (Lipinski definition) is 1. The number of nitrogens with one attached hydrogen (secondary N) is 1. The first-order valence-corrected chi connectivity index (χ1v) is 8.72. The summed E-state index contributed by atoms with van der Waals surface area (Å²) in [6.45, 7) is 0.433. The second kappa shape index (κ2) is 9.82. The van der Waals surface area contributed by atoms with Gasteiger partial charge >= 0.3 is 0 Å². The quantitative estimate of drug-likeness (QED) is 0.443. The second-order valence-corrected chi connectivity index (χ2v) is 5.74. The molecule has 0 aliphatic heterocycles. The topological polar surface area (TPSA) is 42.8 Å². The van der Waals surface area contributed by atoms with E-state index in [1.54, 1.807) is 13.3 Å². The van der Waals surface area contributed by atoms with Crippen LogP contribution in [0, 0.1) is 0 Å². The number of benzene rings is 3. The van der Waals surface area contributed by atoms with Crippen LogP contribution in [0.5, 0.6) is 11.5 Å². The number of para-hydroxylation sites is 2. The van der Waals surface area contributed by atoms with Crippen LogP contribution in [0.2, 0.25) is 0 Å². The molecule has 4 heteroatoms. The molecule has 0 bridgehead atoms. The standard InChI is InChI=1S/C23H22N2O2/c1-26-22-16-8-13-20(18-24-25-21-14-6-3-7-15-21)23(22)27-17-9-12-19-10-4-2-5-11-19/h2-16,18,25H,17H2,1H3. The van der Waals surface area contributed by atoms with Crippen LogP contribution in [0.15, 0.2) is 90.0 Å². The van der Waals surface area contributed by atoms with Crippen LogP contribution in [0.4, 0.5) is 5.69 Å². The Kier molecular flexibility index (Phi) is 6.65. The van der Waals surface area contributed by atoms with Gasteiger partial charge in [-0.15, -0.1) is 0 Å². The van der Waals surface area contributed by atoms with E-state index in [1.807, 2.05) is 91.0 Å². The van der Waals surface area contributed by atoms with E-state index >= 15 is 0 Å². The highest BCUT2D eigenvalue weighted by Crippen LogP contribution is 2.30. The summed E-state index contributed by atoms with van der Waals surface area (Å²) in [5.41, 5.74) is 5.90. The van der Waals surface area contributed by atoms with Gasteiger partial charge in [0, 0.05) is 5.56 Å². The predicted octanol–water partition coefficient (Wildman–Crippen LogP) is 5.23. The van der Waals surface area contributed by atoms with Crippen LogP contribution < -0.4 is 14.9 Å². The Hall–Kier alpha value is -3.53. The van der Waals surface area contributed by atoms with Crippen molar-refractivity contribution in [1.29, 1.82) is 0 Å². The fourth-order valence-corrected chi connectivity index (χ4v) is 2.52. The Balaban J connectivity index is 1.68. The molecule has 0 fully saturated rings. The maximum atomic E-state index is 5.95. The van der Waals surface area contributed by atoms with Crippen LogP contribution in [-0.4, -0.2) is 19.9 Å². The van der Waals surface area contributed by atoms with Gasteiger partial charge in [-0.2, -0.15) is 5.10 Å². The molecule has 4 nitrogen and oxygen atoms in total. The highest BCUT2D eigenvalue weighted by molar-refractivity contribution is 5.85. The summed E-state index contributed by atoms with van der Waals surface area (Å²) < 4.78 is 11.4. The molecular weight excluding hydrogens is 336 g/mol. The third-order valence-corrected chi connectivity index (χ3v) is 3.83. The van der Waals surface area contributed by atoms with E-state index in [4.69, 9.17) is 9.47 Å². The van der Waals surface area contributed by atoms with Crippen molar-refractivity contribution in [1.82, 2.24) is 0 Å². The van der Waals surface area contributed by atoms with Crippen molar-refractivity contribution in [3.8, 4) is 11.5 Å². The molecule has 3 aromatic rings. The van der Waals surface area contributed by atoms with Crippen LogP contribution in [-0.2, 0) is 0 Å². The lowest BCUT2D eigenvalue weighted by molar-refractivity contribution is 0.326. The minimum Gasteiger partial charge on any atom is -0.493 e. The van der Waals surface area contributed by atoms with Gasteiger partial charge in [0.25, 0.3) is 0 Å². The zero-order valence-electron chi connectivity index (χ0n) is 15.2. The van der Waals surface area contributed by atoms with Gasteiger partial charge < -0.3 is 9.47 Å². The summed E-state index contributed by atoms with van der Waals surface area (Å²) in [5, 5.41) is 4.30. The predicted molar refractivity (Wildman–Crippen MR) is 112 cm³/mol. The maximum Gasteiger partial charge on any atom is 0.170 e. The minimum absolute atomic E-state index is 0.433. The van der Waals surface area contributed by atoms with Gasteiger partial charge in [-0.3, -0.25) is 5.43 Å². The first-order chi connectivity index (χ1) is 13.4. The van der Waals surface area contributed by atoms with E-state index in [0.717, 1.165) is 16.8 Å². The van der Waals surface area contributed by atoms with Gasteiger partial charge in [0.2, 0.25) is 0 Å². The number of hydrazone groups is 1. The molecule has 0 spiro atoms. The SMILES string of the molecule is COc1cccc(C=NNc2ccccc2)c1OCC=Cc1ccccc1. The summed E-state index contributed by atoms with van der Waals surface area (Å²) in [7, 11) is 1.63. The Labute approximate surface area is 159 Å². The molecule has 0 saturated carbocycles. The number of hydrogen-bond acceptors (Lipinski definition) is 4. The molecule has 0 amide bonds. The lowest BCUT2D eigenvalue weighted by Crippen LogP contribution is -2.01. The zero-order chi connectivity index (χ0) is 18.7. The van der Waals surface area contributed by atoms with Crippen molar-refractivity contribution >= 4 is 18.0 Å². The molecule has 0 aromatic heterocycles. The molecule has 27 heavy (non-hydrogen) atoms. The van der Waals surface area contributed by atoms with E-state index in [1.165, 1.54) is 0 Å². The normalized spacial score (nSPS) is 11.0. The van der Waals surface area contributed by atoms with Crippen LogP contribution >= 0.6 is 0 Å². The van der Waals surface area contributed by atoms with Crippen LogP contribution in [0.25, 0.3) is 6.08 Å². The van der Waals surface area contributed by atoms with E-state index in [2.05, 4.69) is 10.5 Å². The van der Waals surface area contributed by atoms with E-state index in [9.17, 15) is 0 Å². The Morgan fingerprint density at radius 3 is 2.37 bits per heavy atom. The van der Waals surface area contributed by atoms with Gasteiger partial charge in [0.05, 0.1) is 19.0 Å². The molecule has 0 atom stereocenters. The van der Waals surface area contributed by atoms with Crippen molar-refractivity contribution < 1.29 is 9.47 Å². The zero-order valence-corrected chi connectivity index (χ0v) is 15.2. The average molecular weight is 358 g/mol. The largest absolute Gasteiger partial charge is 0.493 e. The molecule has 0 aliphatic carbocycles. The van der Waals surface area contributed by atoms with Crippen LogP contribution in [0.3, 0.4) is 0 Å². The first kappa shape index (κ1) is 18.3. The van der Waals surface area contributed by atoms with Gasteiger partial charge in [0.1, 0.15) is 6.61 Å². The highest BCUT2D eigenvalue weighted by Gasteiger charge is 2.08. The molecule has 1 N–H and O–H groups in total. The molecule has 0 saturated heterocycles. The Morgan fingerprint density at radius 1 is 0.889 bits per heavy atom. The summed E-state index contributed by atoms with van der Waals surface area (Å²) in [6.07, 6.45) is 5.73. The monoisotopic (exact) mass is 358 g/mol. The number of anilines is 1. The number of nitrogens with zero attached hydrogens (tertiary/aromatic N) is 1. The van der Waals surface area contributed by atoms with E-state index in [-0.39, 0.29) is 0 Å². The third-order valence-electron chi connectivity index (χ3n) is 3.83. The third kappa shape index (κ3) is 5.47. The number of ether oxygens (including phenoxy) is 2. The Bertz CT molecular complexity index is 891. The summed E-state index contributed by atoms with van der Waals surface area (Å²) >= 11 is 0. The fourth-order valence-electron chi connectivity index (χ4n) is 2.52. The molecule has 0 unspecified atom stereocenters. The van der Waals surface area contributed by atoms with Crippen molar-refractivity contribution in [3.63, 3.8) is 0 Å². The molecule has 0 radical (unpaired) electrons. The van der Waals surface area contributed by atoms with Crippen molar-refractivity contribution in [2.75, 3.05) is 19.1 Å². The van der Waals surface area contributed by atoms with Crippen LogP contribution in [0.1, 0.15) is 11.1 Å². The summed E-state index contributed by atoms with van der Waals surface area (Å²) in [6, 6.07) is 25.6. The lowest BCUT2D eigenvalue weighted by Gasteiger charge is -2.12. The Morgan fingerprint density at radius 2 is 1.63 bits per heavy atom. The van der Waals surface area contributed by atoms with Crippen molar-refractivity contribution in [2.45, 2.75) is 0 Å². The van der Waals surface area contributed by atoms with Crippen molar-refractivity contribution in [2.24, 2.45) is 5.10 Å². The van der Waals surface area contributed by atoms with Gasteiger partial charge in [0.15, 0.2) is 11.5 Å². The molecule has 0 heterocycles. The minimum atomic E-state index is 0.433. The van der Waals surface area contributed by atoms with Gasteiger partial charge in [-0.05, 0) is 35.9 Å². The van der Waals surface area contributed by atoms with E-state index < -0.39 is 0 Å². The van der Waals surface area contributed by atoms with E-state index in [0.29, 0.717) is 18.1 Å². The fraction of sp³-hybridized carbons (Fsp3) is 0.0870. The smallest absolute Gasteiger partial charge is 0.170 e. The van der Waals surface area contributed by atoms with Gasteiger partial charge in [-0.25, -0.2) is 0 Å². The molecular formula is C23H22N2O2. The molecule has 3 aromatic carbocycles. The summed E-state index contributed by atoms with van der Waals surface area (Å²) in [5.74, 6) is 1.34. The number of rotatable bonds is 8. The molecule has 0 aliphatic rings. The molecule has 3 rings (SSSR count). The highest BCUT2D eigenvalue weighted by atomic mass is 16.5. The average Bonchev–Trinajstić information content (AvgIpc) is 2.73. The lowest BCUT2D eigenvalue weighted by atomic mass is 10.2. The molecule has 136 valence electrons. The number of methoxy groups -OCH3 is 1. The van der Waals surface area contributed by atoms with Gasteiger partial charge in [-0.1, -0.05) is 60.7 Å². The maximum absolute atomic E-state index is 5.95. The second-order valence-electron chi connectivity index (χ2n) is 5.74.